The molecule has 1 atom stereocenters. The lowest BCUT2D eigenvalue weighted by atomic mass is 10.2. The number of anilines is 1. The summed E-state index contributed by atoms with van der Waals surface area (Å²) in [4.78, 5) is 29.2. The van der Waals surface area contributed by atoms with Crippen molar-refractivity contribution in [2.75, 3.05) is 12.0 Å². The molecule has 0 bridgehead atoms. The number of methoxy groups -OCH3 is 1. The number of amides is 2. The minimum atomic E-state index is -0.631. The number of nitrogens with zero attached hydrogens (tertiary/aromatic N) is 4. The highest BCUT2D eigenvalue weighted by molar-refractivity contribution is 6.22. The summed E-state index contributed by atoms with van der Waals surface area (Å²) in [6, 6.07) is 15.5. The molecule has 1 unspecified atom stereocenters. The molecule has 2 amide bonds. The Morgan fingerprint density at radius 3 is 2.53 bits per heavy atom. The minimum absolute atomic E-state index is 0.0756. The molecule has 9 heteroatoms. The number of carbonyl (C=O) groups is 2. The molecule has 3 aromatic rings. The van der Waals surface area contributed by atoms with Crippen LogP contribution in [0, 0.1) is 0 Å². The molecule has 0 N–H and O–H groups in total. The van der Waals surface area contributed by atoms with E-state index in [2.05, 4.69) is 5.27 Å². The summed E-state index contributed by atoms with van der Waals surface area (Å²) in [5.41, 5.74) is 1.51. The van der Waals surface area contributed by atoms with Gasteiger partial charge in [0.05, 0.1) is 37.1 Å². The Bertz CT molecular complexity index is 1140. The zero-order valence-corrected chi connectivity index (χ0v) is 17.5. The fourth-order valence-electron chi connectivity index (χ4n) is 4.12. The number of hydrogen-bond acceptors (Lipinski definition) is 7. The van der Waals surface area contributed by atoms with E-state index < -0.39 is 12.0 Å². The van der Waals surface area contributed by atoms with Crippen molar-refractivity contribution in [1.82, 2.24) is 10.2 Å². The van der Waals surface area contributed by atoms with Crippen molar-refractivity contribution in [3.05, 3.63) is 60.3 Å². The Morgan fingerprint density at radius 1 is 1.16 bits per heavy atom. The lowest BCUT2D eigenvalue weighted by Gasteiger charge is -2.25. The third-order valence-electron chi connectivity index (χ3n) is 5.90. The molecule has 1 saturated heterocycles. The quantitative estimate of drug-likeness (QED) is 0.408. The van der Waals surface area contributed by atoms with E-state index in [1.165, 1.54) is 9.58 Å². The van der Waals surface area contributed by atoms with E-state index in [4.69, 9.17) is 9.26 Å². The third kappa shape index (κ3) is 3.60. The van der Waals surface area contributed by atoms with Crippen molar-refractivity contribution < 1.29 is 28.6 Å². The first-order chi connectivity index (χ1) is 15.6. The summed E-state index contributed by atoms with van der Waals surface area (Å²) in [6.45, 7) is 0.158. The Morgan fingerprint density at radius 2 is 1.88 bits per heavy atom. The molecule has 164 valence electrons. The zero-order valence-electron chi connectivity index (χ0n) is 17.5. The van der Waals surface area contributed by atoms with Gasteiger partial charge in [-0.1, -0.05) is 18.2 Å². The molecule has 1 saturated carbocycles. The van der Waals surface area contributed by atoms with Gasteiger partial charge >= 0.3 is 0 Å². The van der Waals surface area contributed by atoms with Crippen molar-refractivity contribution in [2.45, 2.75) is 37.9 Å². The van der Waals surface area contributed by atoms with Gasteiger partial charge in [-0.05, 0) is 41.8 Å². The van der Waals surface area contributed by atoms with Gasteiger partial charge in [0.15, 0.2) is 5.95 Å². The normalized spacial score (nSPS) is 18.6. The SMILES string of the molecule is COc1ccc(-[n+]2noc([O-])c2CN(C2CC2)C2CC(=O)N(c3ccccc3)C2=O)cc1. The highest BCUT2D eigenvalue weighted by Gasteiger charge is 2.47. The Kier molecular flexibility index (Phi) is 5.10. The van der Waals surface area contributed by atoms with Gasteiger partial charge in [0.1, 0.15) is 5.75 Å². The fourth-order valence-corrected chi connectivity index (χ4v) is 4.12. The Labute approximate surface area is 184 Å². The monoisotopic (exact) mass is 434 g/mol. The van der Waals surface area contributed by atoms with Crippen molar-refractivity contribution in [2.24, 2.45) is 0 Å². The lowest BCUT2D eigenvalue weighted by Crippen LogP contribution is -2.46. The number of para-hydroxylation sites is 1. The largest absolute Gasteiger partial charge is 0.539 e. The van der Waals surface area contributed by atoms with Crippen molar-refractivity contribution in [3.8, 4) is 17.4 Å². The molecule has 9 nitrogen and oxygen atoms in total. The number of benzene rings is 2. The molecule has 2 aliphatic rings. The van der Waals surface area contributed by atoms with Crippen LogP contribution in [0.15, 0.2) is 59.1 Å². The average molecular weight is 434 g/mol. The van der Waals surface area contributed by atoms with E-state index in [9.17, 15) is 14.7 Å². The second-order valence-corrected chi connectivity index (χ2v) is 7.94. The smallest absolute Gasteiger partial charge is 0.254 e. The molecule has 1 aromatic heterocycles. The van der Waals surface area contributed by atoms with Gasteiger partial charge in [-0.2, -0.15) is 0 Å². The molecule has 32 heavy (non-hydrogen) atoms. The summed E-state index contributed by atoms with van der Waals surface area (Å²) < 4.78 is 11.6. The molecular weight excluding hydrogens is 412 g/mol. The van der Waals surface area contributed by atoms with Gasteiger partial charge in [0.25, 0.3) is 11.6 Å². The second-order valence-electron chi connectivity index (χ2n) is 7.94. The van der Waals surface area contributed by atoms with Gasteiger partial charge in [-0.3, -0.25) is 14.5 Å². The summed E-state index contributed by atoms with van der Waals surface area (Å²) in [5, 5.41) is 16.4. The minimum Gasteiger partial charge on any atom is -0.539 e. The van der Waals surface area contributed by atoms with E-state index in [-0.39, 0.29) is 30.8 Å². The van der Waals surface area contributed by atoms with Gasteiger partial charge in [-0.25, -0.2) is 4.90 Å². The maximum atomic E-state index is 13.3. The van der Waals surface area contributed by atoms with Crippen LogP contribution in [0.2, 0.25) is 0 Å². The molecule has 0 radical (unpaired) electrons. The van der Waals surface area contributed by atoms with Crippen LogP contribution in [0.25, 0.3) is 5.69 Å². The third-order valence-corrected chi connectivity index (χ3v) is 5.90. The van der Waals surface area contributed by atoms with Gasteiger partial charge in [0, 0.05) is 18.2 Å². The first kappa shape index (κ1) is 20.2. The van der Waals surface area contributed by atoms with E-state index in [1.807, 2.05) is 11.0 Å². The van der Waals surface area contributed by atoms with E-state index in [1.54, 1.807) is 55.6 Å². The summed E-state index contributed by atoms with van der Waals surface area (Å²) in [7, 11) is 1.57. The Balaban J connectivity index is 1.44. The molecule has 0 spiro atoms. The number of rotatable bonds is 7. The molecule has 2 fully saturated rings. The molecule has 2 heterocycles. The van der Waals surface area contributed by atoms with Crippen LogP contribution in [-0.2, 0) is 16.1 Å². The molecule has 5 rings (SSSR count). The molecule has 2 aromatic carbocycles. The van der Waals surface area contributed by atoms with Crippen molar-refractivity contribution in [3.63, 3.8) is 0 Å². The van der Waals surface area contributed by atoms with Crippen LogP contribution in [0.3, 0.4) is 0 Å². The van der Waals surface area contributed by atoms with E-state index in [0.717, 1.165) is 12.8 Å². The maximum Gasteiger partial charge on any atom is 0.254 e. The van der Waals surface area contributed by atoms with E-state index in [0.29, 0.717) is 22.8 Å². The standard InChI is InChI=1S/C23H22N4O5/c1-31-18-11-9-17(10-12-18)27-20(23(30)32-24-27)14-25(15-7-8-15)19-13-21(28)26(22(19)29)16-5-3-2-4-6-16/h2-6,9-12,15,19H,7-8,13-14H2,1H3. The van der Waals surface area contributed by atoms with Crippen LogP contribution in [-0.4, -0.2) is 41.2 Å². The highest BCUT2D eigenvalue weighted by Crippen LogP contribution is 2.35. The topological polar surface area (TPSA) is 103 Å². The van der Waals surface area contributed by atoms with E-state index >= 15 is 0 Å². The van der Waals surface area contributed by atoms with Gasteiger partial charge in [0.2, 0.25) is 11.6 Å². The van der Waals surface area contributed by atoms with Gasteiger partial charge in [-0.15, -0.1) is 0 Å². The molecule has 1 aliphatic heterocycles. The first-order valence-electron chi connectivity index (χ1n) is 10.5. The lowest BCUT2D eigenvalue weighted by molar-refractivity contribution is -0.678. The average Bonchev–Trinajstić information content (AvgIpc) is 3.53. The predicted molar refractivity (Wildman–Crippen MR) is 110 cm³/mol. The molecule has 1 aliphatic carbocycles. The number of imide groups is 1. The molecular formula is C23H22N4O5. The number of hydrogen-bond donors (Lipinski definition) is 0. The maximum absolute atomic E-state index is 13.3. The fraction of sp³-hybridized carbons (Fsp3) is 0.304. The summed E-state index contributed by atoms with van der Waals surface area (Å²) in [6.07, 6.45) is 1.89. The zero-order chi connectivity index (χ0) is 22.2. The highest BCUT2D eigenvalue weighted by atomic mass is 16.6. The Hall–Kier alpha value is -3.72. The summed E-state index contributed by atoms with van der Waals surface area (Å²) >= 11 is 0. The number of ether oxygens (including phenoxy) is 1. The van der Waals surface area contributed by atoms with Gasteiger partial charge < -0.3 is 14.4 Å². The second kappa shape index (κ2) is 8.08. The van der Waals surface area contributed by atoms with Crippen LogP contribution < -0.4 is 19.4 Å². The van der Waals surface area contributed by atoms with Crippen molar-refractivity contribution in [1.29, 1.82) is 0 Å². The summed E-state index contributed by atoms with van der Waals surface area (Å²) in [5.74, 6) is -0.402. The number of aromatic nitrogens is 2. The number of carbonyl (C=O) groups excluding carboxylic acids is 2. The van der Waals surface area contributed by atoms with Crippen LogP contribution in [0.4, 0.5) is 5.69 Å². The van der Waals surface area contributed by atoms with Crippen molar-refractivity contribution >= 4 is 17.5 Å². The van der Waals surface area contributed by atoms with Crippen LogP contribution in [0.5, 0.6) is 11.7 Å². The first-order valence-corrected chi connectivity index (χ1v) is 10.5. The van der Waals surface area contributed by atoms with Crippen LogP contribution in [0.1, 0.15) is 25.0 Å². The van der Waals surface area contributed by atoms with Crippen LogP contribution >= 0.6 is 0 Å². The predicted octanol–water partition coefficient (Wildman–Crippen LogP) is 1.33.